The second kappa shape index (κ2) is 5.13. The first-order valence-corrected chi connectivity index (χ1v) is 8.27. The molecule has 21 heavy (non-hydrogen) atoms. The van der Waals surface area contributed by atoms with Gasteiger partial charge in [-0.05, 0) is 54.6 Å². The van der Waals surface area contributed by atoms with Crippen molar-refractivity contribution in [2.45, 2.75) is 31.6 Å². The Labute approximate surface area is 126 Å². The van der Waals surface area contributed by atoms with Crippen molar-refractivity contribution in [1.29, 1.82) is 0 Å². The van der Waals surface area contributed by atoms with Gasteiger partial charge in [0.1, 0.15) is 0 Å². The van der Waals surface area contributed by atoms with E-state index >= 15 is 0 Å². The van der Waals surface area contributed by atoms with Crippen molar-refractivity contribution in [3.8, 4) is 0 Å². The van der Waals surface area contributed by atoms with E-state index in [0.717, 1.165) is 38.8 Å². The number of piperidine rings is 1. The van der Waals surface area contributed by atoms with E-state index in [9.17, 15) is 9.90 Å². The lowest BCUT2D eigenvalue weighted by molar-refractivity contribution is -0.135. The molecule has 3 nitrogen and oxygen atoms in total. The lowest BCUT2D eigenvalue weighted by atomic mass is 9.92. The monoisotopic (exact) mass is 285 g/mol. The number of rotatable bonds is 2. The van der Waals surface area contributed by atoms with Gasteiger partial charge < -0.3 is 10.0 Å². The van der Waals surface area contributed by atoms with Crippen LogP contribution < -0.4 is 0 Å². The summed E-state index contributed by atoms with van der Waals surface area (Å²) in [6, 6.07) is 8.64. The molecule has 2 aliphatic carbocycles. The maximum atomic E-state index is 12.8. The standard InChI is InChI=1S/C18H23NO2/c20-11-12-4-3-9-19(10-12)18(21)17-15-8-7-13-5-1-2-6-14(13)16(15)17/h1-2,5-6,12,15-17,20H,3-4,7-11H2. The van der Waals surface area contributed by atoms with Crippen molar-refractivity contribution in [1.82, 2.24) is 4.90 Å². The molecule has 112 valence electrons. The second-order valence-corrected chi connectivity index (χ2v) is 6.93. The number of nitrogens with zero attached hydrogens (tertiary/aromatic N) is 1. The summed E-state index contributed by atoms with van der Waals surface area (Å²) in [6.45, 7) is 1.85. The number of amides is 1. The van der Waals surface area contributed by atoms with Crippen LogP contribution in [0.5, 0.6) is 0 Å². The van der Waals surface area contributed by atoms with Crippen molar-refractivity contribution in [3.05, 3.63) is 35.4 Å². The van der Waals surface area contributed by atoms with Gasteiger partial charge in [0.05, 0.1) is 0 Å². The quantitative estimate of drug-likeness (QED) is 0.905. The minimum Gasteiger partial charge on any atom is -0.396 e. The predicted molar refractivity (Wildman–Crippen MR) is 80.9 cm³/mol. The van der Waals surface area contributed by atoms with Crippen molar-refractivity contribution in [3.63, 3.8) is 0 Å². The van der Waals surface area contributed by atoms with Crippen molar-refractivity contribution in [2.24, 2.45) is 17.8 Å². The second-order valence-electron chi connectivity index (χ2n) is 6.93. The number of likely N-dealkylation sites (tertiary alicyclic amines) is 1. The van der Waals surface area contributed by atoms with E-state index in [2.05, 4.69) is 24.3 Å². The largest absolute Gasteiger partial charge is 0.396 e. The Bertz CT molecular complexity index is 556. The average Bonchev–Trinajstić information content (AvgIpc) is 3.29. The van der Waals surface area contributed by atoms with E-state index < -0.39 is 0 Å². The van der Waals surface area contributed by atoms with Crippen molar-refractivity contribution >= 4 is 5.91 Å². The van der Waals surface area contributed by atoms with Crippen LogP contribution in [0, 0.1) is 17.8 Å². The van der Waals surface area contributed by atoms with Crippen LogP contribution in [0.2, 0.25) is 0 Å². The number of fused-ring (bicyclic) bond motifs is 3. The van der Waals surface area contributed by atoms with Gasteiger partial charge in [0.15, 0.2) is 0 Å². The zero-order valence-corrected chi connectivity index (χ0v) is 12.4. The third kappa shape index (κ3) is 2.18. The molecular formula is C18H23NO2. The number of benzene rings is 1. The fourth-order valence-electron chi connectivity index (χ4n) is 4.53. The Morgan fingerprint density at radius 3 is 3.00 bits per heavy atom. The van der Waals surface area contributed by atoms with E-state index in [-0.39, 0.29) is 18.4 Å². The van der Waals surface area contributed by atoms with Crippen LogP contribution in [-0.4, -0.2) is 35.6 Å². The molecule has 0 radical (unpaired) electrons. The maximum absolute atomic E-state index is 12.8. The molecule has 0 aromatic heterocycles. The molecule has 1 saturated carbocycles. The van der Waals surface area contributed by atoms with E-state index in [1.165, 1.54) is 11.1 Å². The molecule has 1 heterocycles. The Morgan fingerprint density at radius 2 is 2.14 bits per heavy atom. The summed E-state index contributed by atoms with van der Waals surface area (Å²) >= 11 is 0. The van der Waals surface area contributed by atoms with Gasteiger partial charge >= 0.3 is 0 Å². The average molecular weight is 285 g/mol. The van der Waals surface area contributed by atoms with Crippen molar-refractivity contribution in [2.75, 3.05) is 19.7 Å². The molecule has 1 saturated heterocycles. The molecule has 3 aliphatic rings. The maximum Gasteiger partial charge on any atom is 0.226 e. The van der Waals surface area contributed by atoms with E-state index in [4.69, 9.17) is 0 Å². The van der Waals surface area contributed by atoms with Gasteiger partial charge in [-0.25, -0.2) is 0 Å². The number of aliphatic hydroxyl groups excluding tert-OH is 1. The highest BCUT2D eigenvalue weighted by molar-refractivity contribution is 5.84. The highest BCUT2D eigenvalue weighted by Gasteiger charge is 2.58. The molecule has 4 unspecified atom stereocenters. The van der Waals surface area contributed by atoms with Crippen LogP contribution in [0.4, 0.5) is 0 Å². The molecule has 4 rings (SSSR count). The SMILES string of the molecule is O=C(C1C2CCc3ccccc3C21)N1CCCC(CO)C1. The lowest BCUT2D eigenvalue weighted by Crippen LogP contribution is -2.42. The highest BCUT2D eigenvalue weighted by Crippen LogP contribution is 2.60. The summed E-state index contributed by atoms with van der Waals surface area (Å²) in [6.07, 6.45) is 4.38. The fraction of sp³-hybridized carbons (Fsp3) is 0.611. The first-order valence-electron chi connectivity index (χ1n) is 8.27. The highest BCUT2D eigenvalue weighted by atomic mass is 16.3. The first kappa shape index (κ1) is 13.3. The molecule has 1 amide bonds. The summed E-state index contributed by atoms with van der Waals surface area (Å²) in [7, 11) is 0. The van der Waals surface area contributed by atoms with Gasteiger partial charge in [-0.3, -0.25) is 4.79 Å². The molecule has 0 spiro atoms. The molecule has 3 heteroatoms. The lowest BCUT2D eigenvalue weighted by Gasteiger charge is -2.32. The van der Waals surface area contributed by atoms with Gasteiger partial charge in [-0.1, -0.05) is 24.3 Å². The van der Waals surface area contributed by atoms with Crippen LogP contribution in [-0.2, 0) is 11.2 Å². The van der Waals surface area contributed by atoms with E-state index in [1.807, 2.05) is 4.90 Å². The number of hydrogen-bond acceptors (Lipinski definition) is 2. The molecule has 4 atom stereocenters. The minimum atomic E-state index is 0.212. The zero-order valence-electron chi connectivity index (χ0n) is 12.4. The Kier molecular flexibility index (Phi) is 3.26. The minimum absolute atomic E-state index is 0.212. The van der Waals surface area contributed by atoms with E-state index in [0.29, 0.717) is 17.7 Å². The summed E-state index contributed by atoms with van der Waals surface area (Å²) < 4.78 is 0. The molecule has 1 aromatic rings. The fourth-order valence-corrected chi connectivity index (χ4v) is 4.53. The number of aryl methyl sites for hydroxylation is 1. The predicted octanol–water partition coefficient (Wildman–Crippen LogP) is 2.19. The third-order valence-electron chi connectivity index (χ3n) is 5.70. The van der Waals surface area contributed by atoms with Gasteiger partial charge in [0.2, 0.25) is 5.91 Å². The van der Waals surface area contributed by atoms with Gasteiger partial charge in [-0.15, -0.1) is 0 Å². The van der Waals surface area contributed by atoms with Crippen LogP contribution in [0.25, 0.3) is 0 Å². The molecule has 1 aromatic carbocycles. The number of carbonyl (C=O) groups is 1. The molecule has 1 aliphatic heterocycles. The van der Waals surface area contributed by atoms with Crippen LogP contribution in [0.1, 0.15) is 36.3 Å². The smallest absolute Gasteiger partial charge is 0.226 e. The third-order valence-corrected chi connectivity index (χ3v) is 5.70. The summed E-state index contributed by atoms with van der Waals surface area (Å²) in [5, 5.41) is 9.34. The summed E-state index contributed by atoms with van der Waals surface area (Å²) in [5.74, 6) is 1.89. The number of hydrogen-bond donors (Lipinski definition) is 1. The number of carbonyl (C=O) groups excluding carboxylic acids is 1. The topological polar surface area (TPSA) is 40.5 Å². The Hall–Kier alpha value is -1.35. The Morgan fingerprint density at radius 1 is 1.29 bits per heavy atom. The van der Waals surface area contributed by atoms with Crippen LogP contribution in [0.3, 0.4) is 0 Å². The number of aliphatic hydroxyl groups is 1. The Balaban J connectivity index is 1.50. The molecule has 2 fully saturated rings. The summed E-state index contributed by atoms with van der Waals surface area (Å²) in [5.41, 5.74) is 2.86. The van der Waals surface area contributed by atoms with Crippen LogP contribution >= 0.6 is 0 Å². The van der Waals surface area contributed by atoms with Crippen molar-refractivity contribution < 1.29 is 9.90 Å². The van der Waals surface area contributed by atoms with Gasteiger partial charge in [-0.2, -0.15) is 0 Å². The van der Waals surface area contributed by atoms with E-state index in [1.54, 1.807) is 0 Å². The van der Waals surface area contributed by atoms with Gasteiger partial charge in [0.25, 0.3) is 0 Å². The molecule has 0 bridgehead atoms. The molecule has 1 N–H and O–H groups in total. The van der Waals surface area contributed by atoms with Gasteiger partial charge in [0, 0.05) is 25.6 Å². The summed E-state index contributed by atoms with van der Waals surface area (Å²) in [4.78, 5) is 14.9. The normalized spacial score (nSPS) is 34.0. The zero-order chi connectivity index (χ0) is 14.4. The molecular weight excluding hydrogens is 262 g/mol. The first-order chi connectivity index (χ1) is 10.3. The van der Waals surface area contributed by atoms with Crippen LogP contribution in [0.15, 0.2) is 24.3 Å².